The second-order valence-corrected chi connectivity index (χ2v) is 6.19. The number of anilines is 4. The molecule has 0 aliphatic carbocycles. The van der Waals surface area contributed by atoms with E-state index in [1.54, 1.807) is 13.4 Å². The van der Waals surface area contributed by atoms with Crippen molar-refractivity contribution in [2.24, 2.45) is 0 Å². The molecular weight excluding hydrogens is 326 g/mol. The van der Waals surface area contributed by atoms with E-state index in [2.05, 4.69) is 38.4 Å². The minimum absolute atomic E-state index is 0.567. The first kappa shape index (κ1) is 16.2. The van der Waals surface area contributed by atoms with Gasteiger partial charge in [0.25, 0.3) is 0 Å². The number of para-hydroxylation sites is 1. The second kappa shape index (κ2) is 6.92. The number of ether oxygens (including phenoxy) is 1. The van der Waals surface area contributed by atoms with Crippen LogP contribution in [0.25, 0.3) is 0 Å². The molecule has 1 aliphatic heterocycles. The lowest BCUT2D eigenvalue weighted by Gasteiger charge is -2.21. The van der Waals surface area contributed by atoms with Gasteiger partial charge in [0, 0.05) is 18.8 Å². The third-order valence-corrected chi connectivity index (χ3v) is 4.62. The van der Waals surface area contributed by atoms with Crippen molar-refractivity contribution >= 4 is 23.0 Å². The number of nitrogens with one attached hydrogen (secondary N) is 1. The highest BCUT2D eigenvalue weighted by molar-refractivity contribution is 5.81. The molecule has 3 aromatic rings. The van der Waals surface area contributed by atoms with Crippen LogP contribution in [0.5, 0.6) is 5.75 Å². The molecule has 6 nitrogen and oxygen atoms in total. The van der Waals surface area contributed by atoms with E-state index in [0.29, 0.717) is 18.1 Å². The van der Waals surface area contributed by atoms with Crippen LogP contribution in [0.2, 0.25) is 0 Å². The first-order valence-corrected chi connectivity index (χ1v) is 8.59. The summed E-state index contributed by atoms with van der Waals surface area (Å²) in [6.07, 6.45) is 2.55. The fourth-order valence-corrected chi connectivity index (χ4v) is 3.23. The average molecular weight is 347 g/mol. The van der Waals surface area contributed by atoms with Crippen molar-refractivity contribution in [1.29, 1.82) is 0 Å². The molecule has 1 aliphatic rings. The SMILES string of the molecule is COc1ccc(CNc2ncnc(N3CCc4ccccc43)c2N)cc1. The molecule has 26 heavy (non-hydrogen) atoms. The summed E-state index contributed by atoms with van der Waals surface area (Å²) in [5, 5.41) is 3.31. The second-order valence-electron chi connectivity index (χ2n) is 6.19. The van der Waals surface area contributed by atoms with E-state index in [1.165, 1.54) is 11.3 Å². The Bertz CT molecular complexity index is 910. The Labute approximate surface area is 152 Å². The van der Waals surface area contributed by atoms with Crippen molar-refractivity contribution in [3.05, 3.63) is 66.0 Å². The highest BCUT2D eigenvalue weighted by Gasteiger charge is 2.23. The van der Waals surface area contributed by atoms with Crippen molar-refractivity contribution in [1.82, 2.24) is 9.97 Å². The number of nitrogen functional groups attached to an aromatic ring is 1. The van der Waals surface area contributed by atoms with E-state index in [1.807, 2.05) is 30.3 Å². The molecule has 0 radical (unpaired) electrons. The molecule has 0 bridgehead atoms. The van der Waals surface area contributed by atoms with E-state index < -0.39 is 0 Å². The van der Waals surface area contributed by atoms with Crippen LogP contribution >= 0.6 is 0 Å². The molecule has 4 rings (SSSR count). The van der Waals surface area contributed by atoms with E-state index in [4.69, 9.17) is 10.5 Å². The average Bonchev–Trinajstić information content (AvgIpc) is 3.11. The minimum atomic E-state index is 0.567. The normalized spacial score (nSPS) is 12.7. The molecule has 0 fully saturated rings. The fourth-order valence-electron chi connectivity index (χ4n) is 3.23. The Morgan fingerprint density at radius 2 is 1.92 bits per heavy atom. The van der Waals surface area contributed by atoms with Gasteiger partial charge in [-0.3, -0.25) is 0 Å². The van der Waals surface area contributed by atoms with E-state index >= 15 is 0 Å². The number of aromatic nitrogens is 2. The van der Waals surface area contributed by atoms with Crippen LogP contribution in [-0.4, -0.2) is 23.6 Å². The number of fused-ring (bicyclic) bond motifs is 1. The number of nitrogens with two attached hydrogens (primary N) is 1. The fraction of sp³-hybridized carbons (Fsp3) is 0.200. The quantitative estimate of drug-likeness (QED) is 0.737. The molecule has 0 saturated carbocycles. The van der Waals surface area contributed by atoms with Crippen molar-refractivity contribution in [2.45, 2.75) is 13.0 Å². The number of benzene rings is 2. The minimum Gasteiger partial charge on any atom is -0.497 e. The molecule has 132 valence electrons. The third-order valence-electron chi connectivity index (χ3n) is 4.62. The molecule has 6 heteroatoms. The number of rotatable bonds is 5. The van der Waals surface area contributed by atoms with Crippen molar-refractivity contribution in [2.75, 3.05) is 29.6 Å². The van der Waals surface area contributed by atoms with Gasteiger partial charge in [0.2, 0.25) is 0 Å². The first-order chi connectivity index (χ1) is 12.8. The van der Waals surface area contributed by atoms with Gasteiger partial charge in [-0.05, 0) is 35.7 Å². The molecule has 0 atom stereocenters. The number of methoxy groups -OCH3 is 1. The highest BCUT2D eigenvalue weighted by atomic mass is 16.5. The lowest BCUT2D eigenvalue weighted by Crippen LogP contribution is -2.18. The number of nitrogens with zero attached hydrogens (tertiary/aromatic N) is 3. The predicted octanol–water partition coefficient (Wildman–Crippen LogP) is 3.37. The van der Waals surface area contributed by atoms with Gasteiger partial charge in [0.1, 0.15) is 17.8 Å². The van der Waals surface area contributed by atoms with E-state index in [-0.39, 0.29) is 0 Å². The Balaban J connectivity index is 1.54. The van der Waals surface area contributed by atoms with Crippen LogP contribution < -0.4 is 20.7 Å². The maximum Gasteiger partial charge on any atom is 0.161 e. The smallest absolute Gasteiger partial charge is 0.161 e. The van der Waals surface area contributed by atoms with Gasteiger partial charge in [0.15, 0.2) is 11.6 Å². The van der Waals surface area contributed by atoms with Crippen molar-refractivity contribution in [3.8, 4) is 5.75 Å². The Kier molecular flexibility index (Phi) is 4.31. The van der Waals surface area contributed by atoms with E-state index in [0.717, 1.165) is 30.1 Å². The van der Waals surface area contributed by atoms with Gasteiger partial charge in [0.05, 0.1) is 7.11 Å². The van der Waals surface area contributed by atoms with Gasteiger partial charge < -0.3 is 20.7 Å². The summed E-state index contributed by atoms with van der Waals surface area (Å²) in [4.78, 5) is 10.9. The largest absolute Gasteiger partial charge is 0.497 e. The number of hydrogen-bond donors (Lipinski definition) is 2. The maximum absolute atomic E-state index is 6.38. The van der Waals surface area contributed by atoms with Crippen LogP contribution in [0.4, 0.5) is 23.0 Å². The molecule has 0 spiro atoms. The predicted molar refractivity (Wildman–Crippen MR) is 104 cm³/mol. The molecule has 1 aromatic heterocycles. The van der Waals surface area contributed by atoms with Crippen LogP contribution in [0.1, 0.15) is 11.1 Å². The van der Waals surface area contributed by atoms with Gasteiger partial charge >= 0.3 is 0 Å². The van der Waals surface area contributed by atoms with Crippen LogP contribution in [0.15, 0.2) is 54.9 Å². The van der Waals surface area contributed by atoms with Crippen LogP contribution in [0.3, 0.4) is 0 Å². The molecule has 3 N–H and O–H groups in total. The molecule has 0 amide bonds. The summed E-state index contributed by atoms with van der Waals surface area (Å²) in [6.45, 7) is 1.50. The summed E-state index contributed by atoms with van der Waals surface area (Å²) < 4.78 is 5.19. The van der Waals surface area contributed by atoms with E-state index in [9.17, 15) is 0 Å². The summed E-state index contributed by atoms with van der Waals surface area (Å²) >= 11 is 0. The molecule has 0 unspecified atom stereocenters. The summed E-state index contributed by atoms with van der Waals surface area (Å²) in [5.74, 6) is 2.24. The molecular formula is C20H21N5O. The first-order valence-electron chi connectivity index (χ1n) is 8.59. The van der Waals surface area contributed by atoms with Gasteiger partial charge in [-0.25, -0.2) is 9.97 Å². The summed E-state index contributed by atoms with van der Waals surface area (Å²) in [5.41, 5.74) is 10.6. The van der Waals surface area contributed by atoms with Gasteiger partial charge in [-0.1, -0.05) is 30.3 Å². The van der Waals surface area contributed by atoms with Crippen LogP contribution in [-0.2, 0) is 13.0 Å². The zero-order chi connectivity index (χ0) is 17.9. The number of hydrogen-bond acceptors (Lipinski definition) is 6. The maximum atomic E-state index is 6.38. The Morgan fingerprint density at radius 3 is 2.73 bits per heavy atom. The third kappa shape index (κ3) is 3.01. The van der Waals surface area contributed by atoms with Gasteiger partial charge in [-0.15, -0.1) is 0 Å². The zero-order valence-electron chi connectivity index (χ0n) is 14.6. The molecule has 2 heterocycles. The molecule has 2 aromatic carbocycles. The van der Waals surface area contributed by atoms with Crippen LogP contribution in [0, 0.1) is 0 Å². The van der Waals surface area contributed by atoms with Gasteiger partial charge in [-0.2, -0.15) is 0 Å². The molecule has 0 saturated heterocycles. The van der Waals surface area contributed by atoms with Crippen molar-refractivity contribution < 1.29 is 4.74 Å². The zero-order valence-corrected chi connectivity index (χ0v) is 14.6. The topological polar surface area (TPSA) is 76.3 Å². The summed E-state index contributed by atoms with van der Waals surface area (Å²) in [7, 11) is 1.66. The Hall–Kier alpha value is -3.28. The Morgan fingerprint density at radius 1 is 1.12 bits per heavy atom. The van der Waals surface area contributed by atoms with Crippen molar-refractivity contribution in [3.63, 3.8) is 0 Å². The highest BCUT2D eigenvalue weighted by Crippen LogP contribution is 2.37. The summed E-state index contributed by atoms with van der Waals surface area (Å²) in [6, 6.07) is 16.3. The lowest BCUT2D eigenvalue weighted by molar-refractivity contribution is 0.414. The standard InChI is InChI=1S/C20H21N5O/c1-26-16-8-6-14(7-9-16)12-22-19-18(21)20(24-13-23-19)25-11-10-15-4-2-3-5-17(15)25/h2-9,13H,10-12,21H2,1H3,(H,22,23,24). The monoisotopic (exact) mass is 347 g/mol. The lowest BCUT2D eigenvalue weighted by atomic mass is 10.2.